The molecule has 1 aromatic carbocycles. The minimum absolute atomic E-state index is 0.172. The molecule has 2 rings (SSSR count). The van der Waals surface area contributed by atoms with E-state index >= 15 is 0 Å². The van der Waals surface area contributed by atoms with Gasteiger partial charge in [0.15, 0.2) is 0 Å². The highest BCUT2D eigenvalue weighted by atomic mass is 28.4. The Morgan fingerprint density at radius 1 is 1.32 bits per heavy atom. The third-order valence-corrected chi connectivity index (χ3v) is 9.48. The summed E-state index contributed by atoms with van der Waals surface area (Å²) >= 11 is 0. The highest BCUT2D eigenvalue weighted by Gasteiger charge is 2.39. The van der Waals surface area contributed by atoms with Gasteiger partial charge in [0.05, 0.1) is 6.10 Å². The molecule has 0 bridgehead atoms. The number of hydrogen-bond donors (Lipinski definition) is 2. The summed E-state index contributed by atoms with van der Waals surface area (Å²) in [6.07, 6.45) is 2.53. The number of rotatable bonds is 5. The number of aliphatic hydroxyl groups is 1. The van der Waals surface area contributed by atoms with Crippen LogP contribution in [-0.2, 0) is 6.42 Å². The van der Waals surface area contributed by atoms with Crippen molar-refractivity contribution in [1.29, 1.82) is 0 Å². The molecule has 124 valence electrons. The third-order valence-electron chi connectivity index (χ3n) is 5.14. The molecule has 2 N–H and O–H groups in total. The largest absolute Gasteiger partial charge is 0.543 e. The van der Waals surface area contributed by atoms with Crippen LogP contribution < -0.4 is 9.74 Å². The maximum atomic E-state index is 10.5. The summed E-state index contributed by atoms with van der Waals surface area (Å²) in [7, 11) is -1.86. The van der Waals surface area contributed by atoms with Crippen molar-refractivity contribution in [2.75, 3.05) is 6.54 Å². The minimum Gasteiger partial charge on any atom is -0.543 e. The summed E-state index contributed by atoms with van der Waals surface area (Å²) in [6.45, 7) is 12.3. The van der Waals surface area contributed by atoms with Gasteiger partial charge in [0, 0.05) is 12.5 Å². The van der Waals surface area contributed by atoms with E-state index in [0.717, 1.165) is 30.7 Å². The van der Waals surface area contributed by atoms with Crippen LogP contribution in [0.2, 0.25) is 18.1 Å². The Labute approximate surface area is 136 Å². The molecule has 1 aliphatic heterocycles. The van der Waals surface area contributed by atoms with E-state index in [2.05, 4.69) is 45.2 Å². The molecule has 0 spiro atoms. The Kier molecular flexibility index (Phi) is 5.36. The zero-order chi connectivity index (χ0) is 16.4. The van der Waals surface area contributed by atoms with Crippen LogP contribution in [-0.4, -0.2) is 32.1 Å². The molecule has 0 aromatic heterocycles. The van der Waals surface area contributed by atoms with E-state index in [9.17, 15) is 5.11 Å². The molecule has 0 amide bonds. The minimum atomic E-state index is -1.86. The van der Waals surface area contributed by atoms with Crippen molar-refractivity contribution >= 4 is 8.32 Å². The lowest BCUT2D eigenvalue weighted by atomic mass is 10.0. The second kappa shape index (κ2) is 6.73. The molecule has 1 saturated heterocycles. The van der Waals surface area contributed by atoms with Crippen molar-refractivity contribution in [2.24, 2.45) is 0 Å². The molecule has 1 aliphatic rings. The van der Waals surface area contributed by atoms with E-state index < -0.39 is 8.32 Å². The lowest BCUT2D eigenvalue weighted by molar-refractivity contribution is 0.135. The van der Waals surface area contributed by atoms with E-state index in [4.69, 9.17) is 4.43 Å². The zero-order valence-electron chi connectivity index (χ0n) is 14.6. The quantitative estimate of drug-likeness (QED) is 0.812. The van der Waals surface area contributed by atoms with Gasteiger partial charge in [0.1, 0.15) is 5.75 Å². The van der Waals surface area contributed by atoms with Gasteiger partial charge >= 0.3 is 0 Å². The van der Waals surface area contributed by atoms with Gasteiger partial charge in [-0.2, -0.15) is 0 Å². The van der Waals surface area contributed by atoms with E-state index in [1.54, 1.807) is 0 Å². The Balaban J connectivity index is 2.13. The summed E-state index contributed by atoms with van der Waals surface area (Å²) in [4.78, 5) is 0. The van der Waals surface area contributed by atoms with E-state index in [0.29, 0.717) is 6.42 Å². The number of aliphatic hydroxyl groups excluding tert-OH is 1. The maximum absolute atomic E-state index is 10.5. The van der Waals surface area contributed by atoms with Crippen molar-refractivity contribution in [1.82, 2.24) is 5.32 Å². The first kappa shape index (κ1) is 17.5. The first-order chi connectivity index (χ1) is 10.2. The fourth-order valence-corrected chi connectivity index (χ4v) is 3.66. The number of nitrogens with one attached hydrogen (secondary N) is 1. The molecule has 0 radical (unpaired) electrons. The van der Waals surface area contributed by atoms with Crippen LogP contribution in [0.25, 0.3) is 0 Å². The zero-order valence-corrected chi connectivity index (χ0v) is 15.6. The predicted octanol–water partition coefficient (Wildman–Crippen LogP) is 3.73. The summed E-state index contributed by atoms with van der Waals surface area (Å²) in [5.41, 5.74) is 1.12. The van der Waals surface area contributed by atoms with Crippen LogP contribution in [0.1, 0.15) is 39.2 Å². The van der Waals surface area contributed by atoms with Gasteiger partial charge in [0.2, 0.25) is 8.32 Å². The van der Waals surface area contributed by atoms with Crippen molar-refractivity contribution in [3.8, 4) is 5.75 Å². The van der Waals surface area contributed by atoms with Crippen LogP contribution in [0.4, 0.5) is 0 Å². The molecular formula is C18H31NO2Si. The SMILES string of the molecule is CC(C)(C)[Si](C)(C)Oc1ccccc1CC(O)[C@@H]1CCCN1. The molecular weight excluding hydrogens is 290 g/mol. The van der Waals surface area contributed by atoms with Gasteiger partial charge in [0.25, 0.3) is 0 Å². The van der Waals surface area contributed by atoms with Crippen molar-refractivity contribution in [2.45, 2.75) is 70.3 Å². The first-order valence-corrected chi connectivity index (χ1v) is 11.3. The highest BCUT2D eigenvalue weighted by molar-refractivity contribution is 6.74. The van der Waals surface area contributed by atoms with Crippen LogP contribution in [0.15, 0.2) is 24.3 Å². The van der Waals surface area contributed by atoms with Crippen molar-refractivity contribution in [3.05, 3.63) is 29.8 Å². The average Bonchev–Trinajstić information content (AvgIpc) is 2.93. The second-order valence-corrected chi connectivity index (χ2v) is 12.7. The van der Waals surface area contributed by atoms with Crippen LogP contribution >= 0.6 is 0 Å². The maximum Gasteiger partial charge on any atom is 0.250 e. The topological polar surface area (TPSA) is 41.5 Å². The molecule has 0 aliphatic carbocycles. The van der Waals surface area contributed by atoms with Gasteiger partial charge in [-0.15, -0.1) is 0 Å². The normalized spacial score (nSPS) is 20.9. The van der Waals surface area contributed by atoms with E-state index in [-0.39, 0.29) is 17.2 Å². The Bertz CT molecular complexity index is 490. The lowest BCUT2D eigenvalue weighted by Gasteiger charge is -2.37. The highest BCUT2D eigenvalue weighted by Crippen LogP contribution is 2.38. The van der Waals surface area contributed by atoms with Crippen LogP contribution in [0.5, 0.6) is 5.75 Å². The molecule has 0 saturated carbocycles. The Morgan fingerprint density at radius 2 is 2.00 bits per heavy atom. The molecule has 22 heavy (non-hydrogen) atoms. The summed E-state index contributed by atoms with van der Waals surface area (Å²) in [5.74, 6) is 0.950. The number of para-hydroxylation sites is 1. The predicted molar refractivity (Wildman–Crippen MR) is 95.0 cm³/mol. The Hall–Kier alpha value is -0.843. The fraction of sp³-hybridized carbons (Fsp3) is 0.667. The molecule has 2 atom stereocenters. The molecule has 4 heteroatoms. The Morgan fingerprint density at radius 3 is 2.59 bits per heavy atom. The van der Waals surface area contributed by atoms with Gasteiger partial charge in [-0.3, -0.25) is 0 Å². The van der Waals surface area contributed by atoms with Crippen LogP contribution in [0.3, 0.4) is 0 Å². The third kappa shape index (κ3) is 4.12. The van der Waals surface area contributed by atoms with Gasteiger partial charge in [-0.1, -0.05) is 39.0 Å². The monoisotopic (exact) mass is 321 g/mol. The fourth-order valence-electron chi connectivity index (χ4n) is 2.61. The van der Waals surface area contributed by atoms with Crippen LogP contribution in [0, 0.1) is 0 Å². The van der Waals surface area contributed by atoms with Gasteiger partial charge in [-0.25, -0.2) is 0 Å². The molecule has 1 fully saturated rings. The van der Waals surface area contributed by atoms with E-state index in [1.165, 1.54) is 0 Å². The molecule has 3 nitrogen and oxygen atoms in total. The molecule has 1 heterocycles. The van der Waals surface area contributed by atoms with Crippen molar-refractivity contribution < 1.29 is 9.53 Å². The summed E-state index contributed by atoms with van der Waals surface area (Å²) < 4.78 is 6.47. The molecule has 1 unspecified atom stereocenters. The second-order valence-electron chi connectivity index (χ2n) is 7.94. The average molecular weight is 322 g/mol. The number of hydrogen-bond acceptors (Lipinski definition) is 3. The molecule has 1 aromatic rings. The first-order valence-electron chi connectivity index (χ1n) is 8.39. The smallest absolute Gasteiger partial charge is 0.250 e. The van der Waals surface area contributed by atoms with Gasteiger partial charge in [-0.05, 0) is 49.1 Å². The lowest BCUT2D eigenvalue weighted by Crippen LogP contribution is -2.44. The summed E-state index contributed by atoms with van der Waals surface area (Å²) in [5, 5.41) is 14.0. The van der Waals surface area contributed by atoms with E-state index in [1.807, 2.05) is 18.2 Å². The number of benzene rings is 1. The summed E-state index contributed by atoms with van der Waals surface area (Å²) in [6, 6.07) is 8.40. The standard InChI is InChI=1S/C18H31NO2Si/c1-18(2,3)22(4,5)21-17-11-7-6-9-14(17)13-16(20)15-10-8-12-19-15/h6-7,9,11,15-16,19-20H,8,10,12-13H2,1-5H3/t15-,16?/m0/s1. The van der Waals surface area contributed by atoms with Crippen molar-refractivity contribution in [3.63, 3.8) is 0 Å². The van der Waals surface area contributed by atoms with Gasteiger partial charge < -0.3 is 14.8 Å².